The number of anilines is 1. The largest absolute Gasteiger partial charge is 0.492 e. The van der Waals surface area contributed by atoms with Gasteiger partial charge in [0.15, 0.2) is 0 Å². The van der Waals surface area contributed by atoms with Crippen LogP contribution in [0.2, 0.25) is 0 Å². The van der Waals surface area contributed by atoms with E-state index in [9.17, 15) is 0 Å². The zero-order valence-electron chi connectivity index (χ0n) is 11.8. The first-order valence-corrected chi connectivity index (χ1v) is 7.62. The zero-order chi connectivity index (χ0) is 13.1. The smallest absolute Gasteiger partial charge is 0.142 e. The molecule has 2 aliphatic rings. The Balaban J connectivity index is 1.87. The molecule has 0 amide bonds. The van der Waals surface area contributed by atoms with Gasteiger partial charge >= 0.3 is 0 Å². The Kier molecular flexibility index (Phi) is 3.92. The molecule has 104 valence electrons. The average Bonchev–Trinajstić information content (AvgIpc) is 2.48. The van der Waals surface area contributed by atoms with Crippen molar-refractivity contribution in [3.8, 4) is 5.75 Å². The van der Waals surface area contributed by atoms with Crippen LogP contribution in [0.25, 0.3) is 0 Å². The van der Waals surface area contributed by atoms with Crippen LogP contribution in [-0.4, -0.2) is 31.8 Å². The van der Waals surface area contributed by atoms with Crippen molar-refractivity contribution < 1.29 is 4.74 Å². The lowest BCUT2D eigenvalue weighted by Crippen LogP contribution is -2.59. The molecule has 2 fully saturated rings. The minimum atomic E-state index is 0.643. The summed E-state index contributed by atoms with van der Waals surface area (Å²) < 4.78 is 5.81. The monoisotopic (exact) mass is 260 g/mol. The van der Waals surface area contributed by atoms with Gasteiger partial charge < -0.3 is 15.0 Å². The molecule has 0 spiro atoms. The number of ether oxygens (including phenoxy) is 1. The van der Waals surface area contributed by atoms with Gasteiger partial charge in [-0.05, 0) is 31.9 Å². The van der Waals surface area contributed by atoms with Gasteiger partial charge in [0.2, 0.25) is 0 Å². The van der Waals surface area contributed by atoms with Gasteiger partial charge in [0, 0.05) is 25.2 Å². The standard InChI is InChI=1S/C16H24N2O/c1-2-19-16-10-6-5-9-15(16)18-12-11-17-13-7-3-4-8-14(13)18/h5-6,9-10,13-14,17H,2-4,7-8,11-12H2,1H3/t13-,14-/m0/s1. The number of rotatable bonds is 3. The van der Waals surface area contributed by atoms with E-state index in [4.69, 9.17) is 4.74 Å². The van der Waals surface area contributed by atoms with Crippen LogP contribution in [0.3, 0.4) is 0 Å². The van der Waals surface area contributed by atoms with Gasteiger partial charge in [-0.3, -0.25) is 0 Å². The zero-order valence-corrected chi connectivity index (χ0v) is 11.8. The highest BCUT2D eigenvalue weighted by molar-refractivity contribution is 5.59. The molecule has 3 nitrogen and oxygen atoms in total. The highest BCUT2D eigenvalue weighted by atomic mass is 16.5. The first-order valence-electron chi connectivity index (χ1n) is 7.62. The van der Waals surface area contributed by atoms with E-state index in [-0.39, 0.29) is 0 Å². The Labute approximate surface area is 115 Å². The Hall–Kier alpha value is -1.22. The lowest BCUT2D eigenvalue weighted by molar-refractivity contribution is 0.280. The van der Waals surface area contributed by atoms with E-state index in [1.807, 2.05) is 0 Å². The van der Waals surface area contributed by atoms with Crippen LogP contribution in [0.4, 0.5) is 5.69 Å². The number of para-hydroxylation sites is 2. The van der Waals surface area contributed by atoms with Crippen molar-refractivity contribution in [3.63, 3.8) is 0 Å². The van der Waals surface area contributed by atoms with Gasteiger partial charge in [0.1, 0.15) is 5.75 Å². The van der Waals surface area contributed by atoms with E-state index >= 15 is 0 Å². The van der Waals surface area contributed by atoms with Crippen molar-refractivity contribution in [2.45, 2.75) is 44.7 Å². The summed E-state index contributed by atoms with van der Waals surface area (Å²) >= 11 is 0. The summed E-state index contributed by atoms with van der Waals surface area (Å²) in [5.41, 5.74) is 1.28. The highest BCUT2D eigenvalue weighted by Gasteiger charge is 2.34. The summed E-state index contributed by atoms with van der Waals surface area (Å²) in [6.07, 6.45) is 5.35. The third-order valence-electron chi connectivity index (χ3n) is 4.36. The number of nitrogens with zero attached hydrogens (tertiary/aromatic N) is 1. The second-order valence-corrected chi connectivity index (χ2v) is 5.51. The van der Waals surface area contributed by atoms with Crippen molar-refractivity contribution in [1.29, 1.82) is 0 Å². The number of hydrogen-bond donors (Lipinski definition) is 1. The Morgan fingerprint density at radius 2 is 2.11 bits per heavy atom. The van der Waals surface area contributed by atoms with Crippen molar-refractivity contribution in [2.75, 3.05) is 24.6 Å². The van der Waals surface area contributed by atoms with E-state index in [0.29, 0.717) is 12.1 Å². The normalized spacial score (nSPS) is 26.9. The van der Waals surface area contributed by atoms with Gasteiger partial charge in [-0.25, -0.2) is 0 Å². The van der Waals surface area contributed by atoms with Crippen molar-refractivity contribution in [3.05, 3.63) is 24.3 Å². The van der Waals surface area contributed by atoms with Gasteiger partial charge in [-0.15, -0.1) is 0 Å². The first kappa shape index (κ1) is 12.8. The average molecular weight is 260 g/mol. The summed E-state index contributed by atoms with van der Waals surface area (Å²) in [5.74, 6) is 1.04. The predicted octanol–water partition coefficient (Wildman–Crippen LogP) is 2.81. The topological polar surface area (TPSA) is 24.5 Å². The molecule has 0 unspecified atom stereocenters. The van der Waals surface area contributed by atoms with Crippen LogP contribution in [0.5, 0.6) is 5.75 Å². The van der Waals surface area contributed by atoms with Crippen LogP contribution in [0.15, 0.2) is 24.3 Å². The fraction of sp³-hybridized carbons (Fsp3) is 0.625. The van der Waals surface area contributed by atoms with Gasteiger partial charge in [-0.1, -0.05) is 25.0 Å². The fourth-order valence-corrected chi connectivity index (χ4v) is 3.53. The highest BCUT2D eigenvalue weighted by Crippen LogP contribution is 2.35. The molecular formula is C16H24N2O. The summed E-state index contributed by atoms with van der Waals surface area (Å²) in [6.45, 7) is 4.96. The minimum Gasteiger partial charge on any atom is -0.492 e. The van der Waals surface area contributed by atoms with Crippen LogP contribution in [-0.2, 0) is 0 Å². The maximum absolute atomic E-state index is 5.81. The third-order valence-corrected chi connectivity index (χ3v) is 4.36. The molecule has 3 heteroatoms. The van der Waals surface area contributed by atoms with Crippen LogP contribution >= 0.6 is 0 Å². The molecule has 19 heavy (non-hydrogen) atoms. The Morgan fingerprint density at radius 3 is 3.00 bits per heavy atom. The fourth-order valence-electron chi connectivity index (χ4n) is 3.53. The Bertz CT molecular complexity index is 419. The molecule has 1 aliphatic carbocycles. The predicted molar refractivity (Wildman–Crippen MR) is 79.0 cm³/mol. The second-order valence-electron chi connectivity index (χ2n) is 5.51. The molecule has 1 aromatic rings. The summed E-state index contributed by atoms with van der Waals surface area (Å²) in [6, 6.07) is 9.80. The molecule has 1 saturated carbocycles. The maximum Gasteiger partial charge on any atom is 0.142 e. The maximum atomic E-state index is 5.81. The number of benzene rings is 1. The molecule has 1 heterocycles. The minimum absolute atomic E-state index is 0.643. The number of fused-ring (bicyclic) bond motifs is 1. The van der Waals surface area contributed by atoms with E-state index < -0.39 is 0 Å². The SMILES string of the molecule is CCOc1ccccc1N1CCN[C@H]2CCCC[C@@H]21. The molecule has 0 radical (unpaired) electrons. The van der Waals surface area contributed by atoms with E-state index in [2.05, 4.69) is 41.4 Å². The van der Waals surface area contributed by atoms with Crippen molar-refractivity contribution >= 4 is 5.69 Å². The lowest BCUT2D eigenvalue weighted by atomic mass is 9.87. The Morgan fingerprint density at radius 1 is 1.26 bits per heavy atom. The lowest BCUT2D eigenvalue weighted by Gasteiger charge is -2.46. The number of piperazine rings is 1. The molecule has 0 bridgehead atoms. The molecule has 1 aromatic carbocycles. The van der Waals surface area contributed by atoms with Crippen molar-refractivity contribution in [2.24, 2.45) is 0 Å². The second kappa shape index (κ2) is 5.83. The molecular weight excluding hydrogens is 236 g/mol. The molecule has 3 rings (SSSR count). The molecule has 1 saturated heterocycles. The van der Waals surface area contributed by atoms with Crippen LogP contribution in [0.1, 0.15) is 32.6 Å². The molecule has 1 N–H and O–H groups in total. The quantitative estimate of drug-likeness (QED) is 0.904. The molecule has 0 aromatic heterocycles. The summed E-state index contributed by atoms with van der Waals surface area (Å²) in [7, 11) is 0. The van der Waals surface area contributed by atoms with Gasteiger partial charge in [-0.2, -0.15) is 0 Å². The molecule has 2 atom stereocenters. The van der Waals surface area contributed by atoms with Crippen molar-refractivity contribution in [1.82, 2.24) is 5.32 Å². The van der Waals surface area contributed by atoms with E-state index in [1.54, 1.807) is 0 Å². The summed E-state index contributed by atoms with van der Waals surface area (Å²) in [4.78, 5) is 2.57. The summed E-state index contributed by atoms with van der Waals surface area (Å²) in [5, 5.41) is 3.69. The third kappa shape index (κ3) is 2.57. The van der Waals surface area contributed by atoms with Gasteiger partial charge in [0.25, 0.3) is 0 Å². The van der Waals surface area contributed by atoms with E-state index in [0.717, 1.165) is 25.4 Å². The van der Waals surface area contributed by atoms with E-state index in [1.165, 1.54) is 31.4 Å². The van der Waals surface area contributed by atoms with Gasteiger partial charge in [0.05, 0.1) is 12.3 Å². The molecule has 1 aliphatic heterocycles. The van der Waals surface area contributed by atoms with Crippen LogP contribution < -0.4 is 15.0 Å². The number of nitrogens with one attached hydrogen (secondary N) is 1. The van der Waals surface area contributed by atoms with Crippen LogP contribution in [0, 0.1) is 0 Å². The first-order chi connectivity index (χ1) is 9.40. The number of hydrogen-bond acceptors (Lipinski definition) is 3.